The monoisotopic (exact) mass is 458 g/mol. The Morgan fingerprint density at radius 1 is 0.968 bits per heavy atom. The van der Waals surface area contributed by atoms with Crippen molar-refractivity contribution in [2.75, 3.05) is 37.6 Å². The van der Waals surface area contributed by atoms with E-state index in [0.29, 0.717) is 16.9 Å². The third-order valence-corrected chi connectivity index (χ3v) is 7.40. The van der Waals surface area contributed by atoms with E-state index >= 15 is 0 Å². The second kappa shape index (κ2) is 12.4. The van der Waals surface area contributed by atoms with Gasteiger partial charge in [0.1, 0.15) is 0 Å². The minimum absolute atomic E-state index is 0.349. The van der Waals surface area contributed by atoms with E-state index in [1.807, 2.05) is 18.7 Å². The van der Waals surface area contributed by atoms with Gasteiger partial charge in [0.15, 0.2) is 0 Å². The first-order chi connectivity index (χ1) is 14.8. The average molecular weight is 459 g/mol. The van der Waals surface area contributed by atoms with Crippen LogP contribution in [0.4, 0.5) is 18.9 Å². The summed E-state index contributed by atoms with van der Waals surface area (Å²) in [5.41, 5.74) is -0.129. The van der Waals surface area contributed by atoms with Crippen LogP contribution in [0.5, 0.6) is 0 Å². The lowest BCUT2D eigenvalue weighted by atomic mass is 9.91. The third kappa shape index (κ3) is 7.88. The predicted octanol–water partition coefficient (Wildman–Crippen LogP) is 7.57. The summed E-state index contributed by atoms with van der Waals surface area (Å²) in [5, 5.41) is 0.349. The van der Waals surface area contributed by atoms with Gasteiger partial charge in [0, 0.05) is 29.8 Å². The minimum Gasteiger partial charge on any atom is -0.371 e. The van der Waals surface area contributed by atoms with Gasteiger partial charge in [0.25, 0.3) is 0 Å². The predicted molar refractivity (Wildman–Crippen MR) is 128 cm³/mol. The van der Waals surface area contributed by atoms with Crippen LogP contribution in [0.15, 0.2) is 23.1 Å². The van der Waals surface area contributed by atoms with Crippen LogP contribution in [0.1, 0.15) is 72.3 Å². The van der Waals surface area contributed by atoms with Gasteiger partial charge < -0.3 is 9.80 Å². The summed E-state index contributed by atoms with van der Waals surface area (Å²) in [6, 6.07) is 4.64. The summed E-state index contributed by atoms with van der Waals surface area (Å²) in [5.74, 6) is 1.48. The number of piperidine rings is 2. The number of nitrogens with zero attached hydrogens (tertiary/aromatic N) is 2. The fraction of sp³-hybridized carbons (Fsp3) is 0.760. The maximum Gasteiger partial charge on any atom is 0.418 e. The topological polar surface area (TPSA) is 6.48 Å². The van der Waals surface area contributed by atoms with Crippen LogP contribution in [0.3, 0.4) is 0 Å². The number of hydrogen-bond donors (Lipinski definition) is 0. The average Bonchev–Trinajstić information content (AvgIpc) is 2.75. The molecule has 2 aliphatic rings. The molecule has 1 aromatic carbocycles. The number of likely N-dealkylation sites (tertiary alicyclic amines) is 1. The van der Waals surface area contributed by atoms with E-state index in [2.05, 4.69) is 25.7 Å². The molecule has 0 atom stereocenters. The summed E-state index contributed by atoms with van der Waals surface area (Å²) < 4.78 is 40.8. The molecular formula is C25H41F3N2S. The Kier molecular flexibility index (Phi) is 10.5. The van der Waals surface area contributed by atoms with Gasteiger partial charge in [-0.05, 0) is 68.8 Å². The van der Waals surface area contributed by atoms with Crippen LogP contribution in [-0.4, -0.2) is 42.9 Å². The van der Waals surface area contributed by atoms with Gasteiger partial charge in [0.05, 0.1) is 11.3 Å². The quantitative estimate of drug-likeness (QED) is 0.406. The Morgan fingerprint density at radius 2 is 1.55 bits per heavy atom. The Bertz CT molecular complexity index is 647. The molecule has 31 heavy (non-hydrogen) atoms. The molecule has 2 fully saturated rings. The SMILES string of the molecule is CC.CCC1CCN(CC2CCN(c3cc(SC(C)C)ccc3C(F)(F)F)CC2)CC1. The van der Waals surface area contributed by atoms with Crippen molar-refractivity contribution >= 4 is 17.4 Å². The Morgan fingerprint density at radius 3 is 2.06 bits per heavy atom. The van der Waals surface area contributed by atoms with E-state index in [-0.39, 0.29) is 0 Å². The molecule has 0 radical (unpaired) electrons. The highest BCUT2D eigenvalue weighted by Crippen LogP contribution is 2.40. The van der Waals surface area contributed by atoms with Crippen LogP contribution in [-0.2, 0) is 6.18 Å². The Hall–Kier alpha value is -0.880. The van der Waals surface area contributed by atoms with Gasteiger partial charge in [-0.1, -0.05) is 41.0 Å². The fourth-order valence-corrected chi connectivity index (χ4v) is 5.53. The van der Waals surface area contributed by atoms with Crippen molar-refractivity contribution < 1.29 is 13.2 Å². The molecule has 0 N–H and O–H groups in total. The Balaban J connectivity index is 0.00000166. The maximum atomic E-state index is 13.6. The van der Waals surface area contributed by atoms with Crippen molar-refractivity contribution in [3.8, 4) is 0 Å². The van der Waals surface area contributed by atoms with Crippen LogP contribution in [0, 0.1) is 11.8 Å². The zero-order valence-electron chi connectivity index (χ0n) is 20.0. The Labute approximate surface area is 191 Å². The maximum absolute atomic E-state index is 13.6. The largest absolute Gasteiger partial charge is 0.418 e. The fourth-order valence-electron chi connectivity index (χ4n) is 4.66. The first-order valence-electron chi connectivity index (χ1n) is 12.1. The van der Waals surface area contributed by atoms with Crippen molar-refractivity contribution in [3.05, 3.63) is 23.8 Å². The van der Waals surface area contributed by atoms with E-state index in [0.717, 1.165) is 43.3 Å². The first kappa shape index (κ1) is 26.4. The molecule has 2 heterocycles. The molecule has 3 rings (SSSR count). The van der Waals surface area contributed by atoms with Crippen LogP contribution in [0.2, 0.25) is 0 Å². The molecule has 0 saturated carbocycles. The molecule has 1 aromatic rings. The number of rotatable bonds is 6. The highest BCUT2D eigenvalue weighted by Gasteiger charge is 2.36. The molecule has 0 bridgehead atoms. The van der Waals surface area contributed by atoms with Crippen molar-refractivity contribution in [2.45, 2.75) is 83.0 Å². The molecule has 0 amide bonds. The molecule has 0 aliphatic carbocycles. The highest BCUT2D eigenvalue weighted by molar-refractivity contribution is 7.99. The molecule has 0 unspecified atom stereocenters. The lowest BCUT2D eigenvalue weighted by Gasteiger charge is -2.39. The molecule has 0 aromatic heterocycles. The van der Waals surface area contributed by atoms with Gasteiger partial charge >= 0.3 is 6.18 Å². The number of benzene rings is 1. The molecule has 2 aliphatic heterocycles. The van der Waals surface area contributed by atoms with Gasteiger partial charge in [0.2, 0.25) is 0 Å². The number of thioether (sulfide) groups is 1. The highest BCUT2D eigenvalue weighted by atomic mass is 32.2. The molecule has 2 saturated heterocycles. The van der Waals surface area contributed by atoms with Crippen molar-refractivity contribution in [1.29, 1.82) is 0 Å². The zero-order chi connectivity index (χ0) is 23.0. The molecule has 0 spiro atoms. The molecular weight excluding hydrogens is 417 g/mol. The molecule has 178 valence electrons. The lowest BCUT2D eigenvalue weighted by molar-refractivity contribution is -0.137. The van der Waals surface area contributed by atoms with Gasteiger partial charge in [-0.3, -0.25) is 0 Å². The second-order valence-electron chi connectivity index (χ2n) is 8.93. The first-order valence-corrected chi connectivity index (χ1v) is 13.0. The van der Waals surface area contributed by atoms with Gasteiger partial charge in [-0.2, -0.15) is 13.2 Å². The zero-order valence-corrected chi connectivity index (χ0v) is 20.8. The van der Waals surface area contributed by atoms with Gasteiger partial charge in [-0.25, -0.2) is 0 Å². The number of alkyl halides is 3. The number of hydrogen-bond acceptors (Lipinski definition) is 3. The summed E-state index contributed by atoms with van der Waals surface area (Å²) in [4.78, 5) is 5.46. The van der Waals surface area contributed by atoms with Gasteiger partial charge in [-0.15, -0.1) is 11.8 Å². The van der Waals surface area contributed by atoms with E-state index in [1.54, 1.807) is 23.9 Å². The lowest BCUT2D eigenvalue weighted by Crippen LogP contribution is -2.42. The van der Waals surface area contributed by atoms with Crippen molar-refractivity contribution in [2.24, 2.45) is 11.8 Å². The van der Waals surface area contributed by atoms with E-state index in [1.165, 1.54) is 38.4 Å². The van der Waals surface area contributed by atoms with E-state index < -0.39 is 11.7 Å². The minimum atomic E-state index is -4.31. The summed E-state index contributed by atoms with van der Waals surface area (Å²) in [7, 11) is 0. The van der Waals surface area contributed by atoms with Crippen molar-refractivity contribution in [3.63, 3.8) is 0 Å². The molecule has 6 heteroatoms. The summed E-state index contributed by atoms with van der Waals surface area (Å²) in [6.07, 6.45) is 1.52. The standard InChI is InChI=1S/C23H35F3N2S.C2H6/c1-4-18-7-11-27(12-8-18)16-19-9-13-28(14-10-19)22-15-20(29-17(2)3)5-6-21(22)23(24,25)26;1-2/h5-6,15,17-19H,4,7-14,16H2,1-3H3;1-2H3. The van der Waals surface area contributed by atoms with E-state index in [9.17, 15) is 13.2 Å². The van der Waals surface area contributed by atoms with Crippen LogP contribution >= 0.6 is 11.8 Å². The second-order valence-corrected chi connectivity index (χ2v) is 10.6. The number of halogens is 3. The number of anilines is 1. The normalized spacial score (nSPS) is 19.5. The molecule has 2 nitrogen and oxygen atoms in total. The van der Waals surface area contributed by atoms with Crippen LogP contribution in [0.25, 0.3) is 0 Å². The van der Waals surface area contributed by atoms with Crippen molar-refractivity contribution in [1.82, 2.24) is 4.90 Å². The third-order valence-electron chi connectivity index (χ3n) is 6.40. The summed E-state index contributed by atoms with van der Waals surface area (Å²) in [6.45, 7) is 15.3. The van der Waals surface area contributed by atoms with Crippen LogP contribution < -0.4 is 4.90 Å². The van der Waals surface area contributed by atoms with E-state index in [4.69, 9.17) is 0 Å². The summed E-state index contributed by atoms with van der Waals surface area (Å²) >= 11 is 1.62. The smallest absolute Gasteiger partial charge is 0.371 e.